The van der Waals surface area contributed by atoms with Crippen LogP contribution in [0.1, 0.15) is 41.0 Å². The van der Waals surface area contributed by atoms with Crippen LogP contribution in [0.25, 0.3) is 0 Å². The highest BCUT2D eigenvalue weighted by Crippen LogP contribution is 2.18. The van der Waals surface area contributed by atoms with Gasteiger partial charge in [-0.05, 0) is 37.1 Å². The molecule has 1 rings (SSSR count). The molecule has 0 heterocycles. The summed E-state index contributed by atoms with van der Waals surface area (Å²) in [6.07, 6.45) is 1.16. The van der Waals surface area contributed by atoms with Crippen molar-refractivity contribution in [3.8, 4) is 0 Å². The van der Waals surface area contributed by atoms with Crippen molar-refractivity contribution in [2.75, 3.05) is 10.6 Å². The van der Waals surface area contributed by atoms with Crippen molar-refractivity contribution in [2.24, 2.45) is 11.8 Å². The van der Waals surface area contributed by atoms with E-state index in [1.165, 1.54) is 0 Å². The van der Waals surface area contributed by atoms with Crippen LogP contribution in [-0.4, -0.2) is 11.9 Å². The summed E-state index contributed by atoms with van der Waals surface area (Å²) in [4.78, 5) is 11.6. The molecular formula is C16H26N2O. The van der Waals surface area contributed by atoms with Gasteiger partial charge in [0.25, 0.3) is 0 Å². The van der Waals surface area contributed by atoms with Gasteiger partial charge in [0.15, 0.2) is 0 Å². The zero-order valence-corrected chi connectivity index (χ0v) is 12.7. The number of carbonyl (C=O) groups is 1. The third-order valence-electron chi connectivity index (χ3n) is 3.57. The van der Waals surface area contributed by atoms with E-state index < -0.39 is 0 Å². The Morgan fingerprint density at radius 3 is 2.05 bits per heavy atom. The molecule has 0 aliphatic carbocycles. The van der Waals surface area contributed by atoms with Crippen molar-refractivity contribution in [3.63, 3.8) is 0 Å². The van der Waals surface area contributed by atoms with E-state index in [9.17, 15) is 4.79 Å². The summed E-state index contributed by atoms with van der Waals surface area (Å²) in [6.45, 7) is 10.4. The minimum atomic E-state index is 0.00299. The quantitative estimate of drug-likeness (QED) is 0.809. The smallest absolute Gasteiger partial charge is 0.226 e. The predicted octanol–water partition coefficient (Wildman–Crippen LogP) is 4.13. The van der Waals surface area contributed by atoms with E-state index in [1.807, 2.05) is 38.1 Å². The van der Waals surface area contributed by atoms with Gasteiger partial charge in [-0.15, -0.1) is 0 Å². The number of benzene rings is 1. The van der Waals surface area contributed by atoms with E-state index in [0.29, 0.717) is 12.0 Å². The van der Waals surface area contributed by atoms with Crippen LogP contribution >= 0.6 is 0 Å². The van der Waals surface area contributed by atoms with Crippen LogP contribution in [-0.2, 0) is 4.79 Å². The van der Waals surface area contributed by atoms with Crippen LogP contribution in [0.2, 0.25) is 0 Å². The minimum Gasteiger partial charge on any atom is -0.382 e. The monoisotopic (exact) mass is 262 g/mol. The van der Waals surface area contributed by atoms with Gasteiger partial charge >= 0.3 is 0 Å². The van der Waals surface area contributed by atoms with Gasteiger partial charge in [-0.2, -0.15) is 0 Å². The van der Waals surface area contributed by atoms with Gasteiger partial charge in [-0.3, -0.25) is 4.79 Å². The van der Waals surface area contributed by atoms with E-state index in [4.69, 9.17) is 0 Å². The van der Waals surface area contributed by atoms with Crippen LogP contribution in [0.15, 0.2) is 24.3 Å². The molecule has 0 aromatic heterocycles. The fourth-order valence-electron chi connectivity index (χ4n) is 1.70. The molecule has 0 saturated heterocycles. The Kier molecular flexibility index (Phi) is 5.87. The van der Waals surface area contributed by atoms with Gasteiger partial charge < -0.3 is 10.6 Å². The second kappa shape index (κ2) is 7.17. The van der Waals surface area contributed by atoms with E-state index in [2.05, 4.69) is 31.4 Å². The third-order valence-corrected chi connectivity index (χ3v) is 3.57. The first-order valence-electron chi connectivity index (χ1n) is 7.11. The molecule has 2 atom stereocenters. The molecule has 1 amide bonds. The van der Waals surface area contributed by atoms with Crippen LogP contribution in [0.3, 0.4) is 0 Å². The number of amides is 1. The lowest BCUT2D eigenvalue weighted by molar-refractivity contribution is -0.118. The summed E-state index contributed by atoms with van der Waals surface area (Å²) < 4.78 is 0. The molecule has 3 nitrogen and oxygen atoms in total. The lowest BCUT2D eigenvalue weighted by Gasteiger charge is -2.21. The van der Waals surface area contributed by atoms with Crippen molar-refractivity contribution in [1.29, 1.82) is 0 Å². The summed E-state index contributed by atoms with van der Waals surface area (Å²) in [6, 6.07) is 8.34. The van der Waals surface area contributed by atoms with Gasteiger partial charge in [0.2, 0.25) is 5.91 Å². The first-order chi connectivity index (χ1) is 8.93. The number of hydrogen-bond donors (Lipinski definition) is 2. The van der Waals surface area contributed by atoms with Gasteiger partial charge in [-0.1, -0.05) is 34.1 Å². The second-order valence-electron chi connectivity index (χ2n) is 5.54. The number of anilines is 2. The van der Waals surface area contributed by atoms with Crippen LogP contribution in [0.4, 0.5) is 11.4 Å². The summed E-state index contributed by atoms with van der Waals surface area (Å²) in [5, 5.41) is 6.37. The largest absolute Gasteiger partial charge is 0.382 e. The molecule has 3 heteroatoms. The average molecular weight is 262 g/mol. The van der Waals surface area contributed by atoms with Crippen molar-refractivity contribution >= 4 is 17.3 Å². The lowest BCUT2D eigenvalue weighted by atomic mass is 10.0. The molecule has 19 heavy (non-hydrogen) atoms. The molecule has 0 radical (unpaired) electrons. The Bertz CT molecular complexity index is 398. The first-order valence-corrected chi connectivity index (χ1v) is 7.11. The normalized spacial score (nSPS) is 14.0. The Hall–Kier alpha value is -1.51. The molecule has 0 fully saturated rings. The molecule has 106 valence electrons. The van der Waals surface area contributed by atoms with E-state index in [-0.39, 0.29) is 11.8 Å². The fourth-order valence-corrected chi connectivity index (χ4v) is 1.70. The summed E-state index contributed by atoms with van der Waals surface area (Å²) in [5.74, 6) is 0.692. The first kappa shape index (κ1) is 15.5. The summed E-state index contributed by atoms with van der Waals surface area (Å²) in [5.41, 5.74) is 1.94. The fraction of sp³-hybridized carbons (Fsp3) is 0.562. The van der Waals surface area contributed by atoms with E-state index >= 15 is 0 Å². The molecule has 1 aromatic carbocycles. The SMILES string of the molecule is CCC(C)C(C)Nc1ccc(NC(=O)C(C)C)cc1. The summed E-state index contributed by atoms with van der Waals surface area (Å²) >= 11 is 0. The van der Waals surface area contributed by atoms with Crippen LogP contribution in [0, 0.1) is 11.8 Å². The molecule has 0 bridgehead atoms. The minimum absolute atomic E-state index is 0.00299. The Morgan fingerprint density at radius 1 is 1.05 bits per heavy atom. The van der Waals surface area contributed by atoms with Crippen molar-refractivity contribution in [3.05, 3.63) is 24.3 Å². The van der Waals surface area contributed by atoms with Gasteiger partial charge in [-0.25, -0.2) is 0 Å². The highest BCUT2D eigenvalue weighted by atomic mass is 16.1. The number of carbonyl (C=O) groups excluding carboxylic acids is 1. The molecule has 0 spiro atoms. The second-order valence-corrected chi connectivity index (χ2v) is 5.54. The molecule has 0 saturated carbocycles. The van der Waals surface area contributed by atoms with Crippen molar-refractivity contribution in [2.45, 2.75) is 47.1 Å². The topological polar surface area (TPSA) is 41.1 Å². The van der Waals surface area contributed by atoms with Crippen molar-refractivity contribution in [1.82, 2.24) is 0 Å². The molecule has 0 aliphatic rings. The zero-order valence-electron chi connectivity index (χ0n) is 12.7. The standard InChI is InChI=1S/C16H26N2O/c1-6-12(4)13(5)17-14-7-9-15(10-8-14)18-16(19)11(2)3/h7-13,17H,6H2,1-5H3,(H,18,19). The lowest BCUT2D eigenvalue weighted by Crippen LogP contribution is -2.23. The molecule has 2 N–H and O–H groups in total. The van der Waals surface area contributed by atoms with Gasteiger partial charge in [0.1, 0.15) is 0 Å². The maximum atomic E-state index is 11.6. The molecular weight excluding hydrogens is 236 g/mol. The van der Waals surface area contributed by atoms with Gasteiger partial charge in [0.05, 0.1) is 0 Å². The molecule has 0 aliphatic heterocycles. The van der Waals surface area contributed by atoms with E-state index in [1.54, 1.807) is 0 Å². The zero-order chi connectivity index (χ0) is 14.4. The van der Waals surface area contributed by atoms with Crippen LogP contribution in [0.5, 0.6) is 0 Å². The predicted molar refractivity (Wildman–Crippen MR) is 82.4 cm³/mol. The Morgan fingerprint density at radius 2 is 1.58 bits per heavy atom. The molecule has 2 unspecified atom stereocenters. The maximum Gasteiger partial charge on any atom is 0.226 e. The number of hydrogen-bond acceptors (Lipinski definition) is 2. The highest BCUT2D eigenvalue weighted by Gasteiger charge is 2.10. The van der Waals surface area contributed by atoms with Crippen LogP contribution < -0.4 is 10.6 Å². The molecule has 1 aromatic rings. The Labute approximate surface area is 116 Å². The highest BCUT2D eigenvalue weighted by molar-refractivity contribution is 5.92. The third kappa shape index (κ3) is 4.93. The average Bonchev–Trinajstić information content (AvgIpc) is 2.39. The number of rotatable bonds is 6. The van der Waals surface area contributed by atoms with Crippen molar-refractivity contribution < 1.29 is 4.79 Å². The van der Waals surface area contributed by atoms with Gasteiger partial charge in [0, 0.05) is 23.3 Å². The van der Waals surface area contributed by atoms with E-state index in [0.717, 1.165) is 17.8 Å². The Balaban J connectivity index is 2.59. The number of nitrogens with one attached hydrogen (secondary N) is 2. The summed E-state index contributed by atoms with van der Waals surface area (Å²) in [7, 11) is 0. The maximum absolute atomic E-state index is 11.6.